The van der Waals surface area contributed by atoms with Crippen LogP contribution in [0.3, 0.4) is 0 Å². The van der Waals surface area contributed by atoms with Gasteiger partial charge in [0.05, 0.1) is 18.1 Å². The van der Waals surface area contributed by atoms with Gasteiger partial charge in [-0.2, -0.15) is 8.61 Å². The molecule has 0 aliphatic carbocycles. The van der Waals surface area contributed by atoms with Crippen LogP contribution in [-0.4, -0.2) is 70.7 Å². The van der Waals surface area contributed by atoms with Gasteiger partial charge in [0, 0.05) is 37.4 Å². The molecule has 0 saturated carbocycles. The maximum Gasteiger partial charge on any atom is 0.255 e. The van der Waals surface area contributed by atoms with E-state index >= 15 is 0 Å². The Labute approximate surface area is 193 Å². The van der Waals surface area contributed by atoms with Crippen LogP contribution in [0.1, 0.15) is 24.2 Å². The van der Waals surface area contributed by atoms with E-state index in [1.54, 1.807) is 13.8 Å². The van der Waals surface area contributed by atoms with E-state index in [4.69, 9.17) is 4.74 Å². The molecule has 1 aliphatic rings. The second kappa shape index (κ2) is 10.3. The van der Waals surface area contributed by atoms with E-state index in [0.29, 0.717) is 13.1 Å². The van der Waals surface area contributed by atoms with Crippen LogP contribution in [0.25, 0.3) is 0 Å². The molecule has 180 valence electrons. The van der Waals surface area contributed by atoms with Gasteiger partial charge in [-0.15, -0.1) is 0 Å². The third-order valence-electron chi connectivity index (χ3n) is 5.22. The maximum atomic E-state index is 14.4. The molecule has 3 rings (SSSR count). The summed E-state index contributed by atoms with van der Waals surface area (Å²) in [6.07, 6.45) is 0. The third kappa shape index (κ3) is 5.41. The van der Waals surface area contributed by atoms with E-state index < -0.39 is 36.7 Å². The number of sulfonamides is 2. The Hall–Kier alpha value is -2.38. The van der Waals surface area contributed by atoms with Crippen molar-refractivity contribution in [1.29, 1.82) is 0 Å². The van der Waals surface area contributed by atoms with Crippen molar-refractivity contribution in [3.63, 3.8) is 0 Å². The van der Waals surface area contributed by atoms with E-state index in [-0.39, 0.29) is 42.4 Å². The zero-order chi connectivity index (χ0) is 24.2. The number of rotatable bonds is 8. The average Bonchev–Trinajstić information content (AvgIpc) is 2.80. The van der Waals surface area contributed by atoms with Crippen molar-refractivity contribution in [2.75, 3.05) is 44.7 Å². The highest BCUT2D eigenvalue weighted by Gasteiger charge is 2.30. The lowest BCUT2D eigenvalue weighted by atomic mass is 10.2. The number of hydrogen-bond donors (Lipinski definition) is 1. The Morgan fingerprint density at radius 1 is 1.06 bits per heavy atom. The van der Waals surface area contributed by atoms with Gasteiger partial charge >= 0.3 is 0 Å². The first kappa shape index (κ1) is 25.2. The van der Waals surface area contributed by atoms with Crippen molar-refractivity contribution >= 4 is 31.6 Å². The minimum absolute atomic E-state index is 0.0127. The predicted molar refractivity (Wildman–Crippen MR) is 120 cm³/mol. The number of amides is 1. The number of hydrogen-bond acceptors (Lipinski definition) is 6. The van der Waals surface area contributed by atoms with Gasteiger partial charge in [0.25, 0.3) is 5.91 Å². The van der Waals surface area contributed by atoms with Crippen LogP contribution in [0.15, 0.2) is 52.3 Å². The second-order valence-corrected chi connectivity index (χ2v) is 11.1. The molecule has 1 fully saturated rings. The van der Waals surface area contributed by atoms with Crippen molar-refractivity contribution < 1.29 is 30.8 Å². The van der Waals surface area contributed by atoms with Gasteiger partial charge in [-0.1, -0.05) is 19.9 Å². The fourth-order valence-corrected chi connectivity index (χ4v) is 6.42. The predicted octanol–water partition coefficient (Wildman–Crippen LogP) is 2.13. The highest BCUT2D eigenvalue weighted by atomic mass is 32.2. The fraction of sp³-hybridized carbons (Fsp3) is 0.381. The van der Waals surface area contributed by atoms with Crippen LogP contribution in [0.5, 0.6) is 0 Å². The summed E-state index contributed by atoms with van der Waals surface area (Å²) in [6, 6.07) is 8.81. The van der Waals surface area contributed by atoms with Crippen molar-refractivity contribution in [2.24, 2.45) is 0 Å². The topological polar surface area (TPSA) is 113 Å². The number of anilines is 1. The Morgan fingerprint density at radius 2 is 1.73 bits per heavy atom. The maximum absolute atomic E-state index is 14.4. The number of benzene rings is 2. The number of carbonyl (C=O) groups excluding carboxylic acids is 1. The number of halogens is 1. The second-order valence-electron chi connectivity index (χ2n) is 7.23. The smallest absolute Gasteiger partial charge is 0.255 e. The number of nitrogens with zero attached hydrogens (tertiary/aromatic N) is 2. The minimum atomic E-state index is -4.15. The molecule has 1 saturated heterocycles. The summed E-state index contributed by atoms with van der Waals surface area (Å²) in [5.41, 5.74) is 0.121. The molecule has 9 nitrogen and oxygen atoms in total. The first-order chi connectivity index (χ1) is 15.6. The van der Waals surface area contributed by atoms with Gasteiger partial charge in [0.15, 0.2) is 0 Å². The van der Waals surface area contributed by atoms with E-state index in [1.807, 2.05) is 0 Å². The summed E-state index contributed by atoms with van der Waals surface area (Å²) < 4.78 is 73.1. The van der Waals surface area contributed by atoms with Crippen LogP contribution in [-0.2, 0) is 24.8 Å². The zero-order valence-corrected chi connectivity index (χ0v) is 20.0. The molecule has 0 spiro atoms. The summed E-state index contributed by atoms with van der Waals surface area (Å²) in [6.45, 7) is 4.63. The largest absolute Gasteiger partial charge is 0.379 e. The Bertz CT molecular complexity index is 1220. The highest BCUT2D eigenvalue weighted by molar-refractivity contribution is 7.89. The first-order valence-corrected chi connectivity index (χ1v) is 13.3. The molecule has 0 radical (unpaired) electrons. The number of nitrogens with one attached hydrogen (secondary N) is 1. The fourth-order valence-electron chi connectivity index (χ4n) is 3.42. The van der Waals surface area contributed by atoms with Gasteiger partial charge < -0.3 is 10.1 Å². The Morgan fingerprint density at radius 3 is 2.36 bits per heavy atom. The number of morpholine rings is 1. The van der Waals surface area contributed by atoms with E-state index in [9.17, 15) is 26.0 Å². The molecule has 2 aromatic rings. The number of carbonyl (C=O) groups is 1. The molecule has 33 heavy (non-hydrogen) atoms. The standard InChI is InChI=1S/C21H26FN3O6S2/c1-3-24(4-2)32(27,28)18-7-5-6-17(15-18)23-21(26)16-8-9-19(22)20(14-16)33(29,30)25-10-12-31-13-11-25/h5-9,14-15H,3-4,10-13H2,1-2H3,(H,23,26). The van der Waals surface area contributed by atoms with Gasteiger partial charge in [0.1, 0.15) is 10.7 Å². The third-order valence-corrected chi connectivity index (χ3v) is 9.18. The van der Waals surface area contributed by atoms with Crippen LogP contribution < -0.4 is 5.32 Å². The molecule has 2 aromatic carbocycles. The quantitative estimate of drug-likeness (QED) is 0.595. The van der Waals surface area contributed by atoms with Crippen LogP contribution in [0.4, 0.5) is 10.1 Å². The lowest BCUT2D eigenvalue weighted by Crippen LogP contribution is -2.41. The van der Waals surface area contributed by atoms with Crippen molar-refractivity contribution in [2.45, 2.75) is 23.6 Å². The summed E-state index contributed by atoms with van der Waals surface area (Å²) in [5.74, 6) is -1.67. The summed E-state index contributed by atoms with van der Waals surface area (Å²) in [4.78, 5) is 12.2. The van der Waals surface area contributed by atoms with E-state index in [0.717, 1.165) is 16.4 Å². The molecule has 1 amide bonds. The molecule has 1 N–H and O–H groups in total. The summed E-state index contributed by atoms with van der Waals surface area (Å²) in [7, 11) is -7.88. The summed E-state index contributed by atoms with van der Waals surface area (Å²) >= 11 is 0. The SMILES string of the molecule is CCN(CC)S(=O)(=O)c1cccc(NC(=O)c2ccc(F)c(S(=O)(=O)N3CCOCC3)c2)c1. The van der Waals surface area contributed by atoms with E-state index in [1.165, 1.54) is 34.6 Å². The monoisotopic (exact) mass is 499 g/mol. The van der Waals surface area contributed by atoms with Crippen LogP contribution in [0.2, 0.25) is 0 Å². The van der Waals surface area contributed by atoms with Crippen molar-refractivity contribution in [3.05, 3.63) is 53.8 Å². The molecule has 1 aliphatic heterocycles. The van der Waals surface area contributed by atoms with Crippen LogP contribution >= 0.6 is 0 Å². The molecule has 0 bridgehead atoms. The lowest BCUT2D eigenvalue weighted by molar-refractivity contribution is 0.0729. The summed E-state index contributed by atoms with van der Waals surface area (Å²) in [5, 5.41) is 2.55. The Kier molecular flexibility index (Phi) is 7.85. The molecule has 12 heteroatoms. The van der Waals surface area contributed by atoms with Crippen molar-refractivity contribution in [3.8, 4) is 0 Å². The molecule has 0 aromatic heterocycles. The molecule has 1 heterocycles. The van der Waals surface area contributed by atoms with E-state index in [2.05, 4.69) is 5.32 Å². The Balaban J connectivity index is 1.87. The lowest BCUT2D eigenvalue weighted by Gasteiger charge is -2.26. The molecular formula is C21H26FN3O6S2. The van der Waals surface area contributed by atoms with Gasteiger partial charge in [-0.25, -0.2) is 21.2 Å². The molecular weight excluding hydrogens is 473 g/mol. The van der Waals surface area contributed by atoms with Gasteiger partial charge in [0.2, 0.25) is 20.0 Å². The minimum Gasteiger partial charge on any atom is -0.379 e. The normalized spacial score (nSPS) is 15.5. The zero-order valence-electron chi connectivity index (χ0n) is 18.3. The first-order valence-electron chi connectivity index (χ1n) is 10.4. The average molecular weight is 500 g/mol. The number of ether oxygens (including phenoxy) is 1. The van der Waals surface area contributed by atoms with Gasteiger partial charge in [-0.05, 0) is 36.4 Å². The van der Waals surface area contributed by atoms with Crippen LogP contribution in [0, 0.1) is 5.82 Å². The van der Waals surface area contributed by atoms with Gasteiger partial charge in [-0.3, -0.25) is 4.79 Å². The highest BCUT2D eigenvalue weighted by Crippen LogP contribution is 2.24. The van der Waals surface area contributed by atoms with Crippen molar-refractivity contribution in [1.82, 2.24) is 8.61 Å². The molecule has 0 unspecified atom stereocenters. The molecule has 0 atom stereocenters.